The van der Waals surface area contributed by atoms with Gasteiger partial charge in [-0.05, 0) is 24.3 Å². The van der Waals surface area contributed by atoms with E-state index in [0.717, 1.165) is 31.2 Å². The standard InChI is InChI=1S/C15H12N2O7/c1-8(18)24-14-5-3-10(19)7-11(14)15(21)16-12-4-2-9(17(22)23)6-13(12)20/h2-7,19-20H,1H3,(H,16,21). The van der Waals surface area contributed by atoms with Crippen molar-refractivity contribution in [3.05, 3.63) is 52.1 Å². The van der Waals surface area contributed by atoms with Crippen LogP contribution in [0.4, 0.5) is 11.4 Å². The second-order valence-corrected chi connectivity index (χ2v) is 4.69. The summed E-state index contributed by atoms with van der Waals surface area (Å²) in [5.74, 6) is -2.27. The van der Waals surface area contributed by atoms with Gasteiger partial charge in [0.15, 0.2) is 0 Å². The number of hydrogen-bond donors (Lipinski definition) is 3. The Morgan fingerprint density at radius 1 is 1.17 bits per heavy atom. The van der Waals surface area contributed by atoms with Crippen LogP contribution in [0.2, 0.25) is 0 Å². The van der Waals surface area contributed by atoms with Crippen molar-refractivity contribution in [3.8, 4) is 17.2 Å². The van der Waals surface area contributed by atoms with Gasteiger partial charge in [-0.2, -0.15) is 0 Å². The Morgan fingerprint density at radius 3 is 2.46 bits per heavy atom. The molecule has 24 heavy (non-hydrogen) atoms. The number of amides is 1. The van der Waals surface area contributed by atoms with Gasteiger partial charge in [0.2, 0.25) is 0 Å². The van der Waals surface area contributed by atoms with Gasteiger partial charge >= 0.3 is 5.97 Å². The van der Waals surface area contributed by atoms with Gasteiger partial charge in [-0.3, -0.25) is 19.7 Å². The molecule has 0 spiro atoms. The van der Waals surface area contributed by atoms with E-state index in [1.54, 1.807) is 0 Å². The number of hydrogen-bond acceptors (Lipinski definition) is 7. The number of phenols is 2. The number of carbonyl (C=O) groups excluding carboxylic acids is 2. The smallest absolute Gasteiger partial charge is 0.308 e. The third kappa shape index (κ3) is 3.77. The number of nitrogens with zero attached hydrogens (tertiary/aromatic N) is 1. The maximum Gasteiger partial charge on any atom is 0.308 e. The molecule has 0 aliphatic carbocycles. The van der Waals surface area contributed by atoms with Gasteiger partial charge in [0.05, 0.1) is 22.2 Å². The number of rotatable bonds is 4. The topological polar surface area (TPSA) is 139 Å². The van der Waals surface area contributed by atoms with Gasteiger partial charge in [-0.15, -0.1) is 0 Å². The molecule has 3 N–H and O–H groups in total. The summed E-state index contributed by atoms with van der Waals surface area (Å²) in [5.41, 5.74) is -0.575. The molecule has 0 saturated carbocycles. The molecule has 124 valence electrons. The number of esters is 1. The Kier molecular flexibility index (Phi) is 4.64. The maximum atomic E-state index is 12.3. The highest BCUT2D eigenvalue weighted by atomic mass is 16.6. The fourth-order valence-corrected chi connectivity index (χ4v) is 1.87. The van der Waals surface area contributed by atoms with Gasteiger partial charge < -0.3 is 20.3 Å². The number of nitro groups is 1. The summed E-state index contributed by atoms with van der Waals surface area (Å²) < 4.78 is 4.88. The largest absolute Gasteiger partial charge is 0.508 e. The molecule has 0 aliphatic rings. The fourth-order valence-electron chi connectivity index (χ4n) is 1.87. The van der Waals surface area contributed by atoms with Crippen LogP contribution in [0.1, 0.15) is 17.3 Å². The number of carbonyl (C=O) groups is 2. The van der Waals surface area contributed by atoms with Crippen LogP contribution in [0.25, 0.3) is 0 Å². The summed E-state index contributed by atoms with van der Waals surface area (Å²) in [6.45, 7) is 1.15. The summed E-state index contributed by atoms with van der Waals surface area (Å²) in [7, 11) is 0. The molecule has 0 aliphatic heterocycles. The van der Waals surface area contributed by atoms with Crippen molar-refractivity contribution in [3.63, 3.8) is 0 Å². The van der Waals surface area contributed by atoms with Crippen LogP contribution in [0.15, 0.2) is 36.4 Å². The van der Waals surface area contributed by atoms with Crippen molar-refractivity contribution >= 4 is 23.3 Å². The molecule has 0 saturated heterocycles. The molecule has 9 nitrogen and oxygen atoms in total. The van der Waals surface area contributed by atoms with E-state index in [1.165, 1.54) is 12.1 Å². The molecule has 2 rings (SSSR count). The van der Waals surface area contributed by atoms with E-state index in [0.29, 0.717) is 0 Å². The van der Waals surface area contributed by atoms with Gasteiger partial charge in [0, 0.05) is 13.0 Å². The zero-order valence-corrected chi connectivity index (χ0v) is 12.3. The predicted molar refractivity (Wildman–Crippen MR) is 82.1 cm³/mol. The molecule has 9 heteroatoms. The molecule has 0 fully saturated rings. The third-order valence-corrected chi connectivity index (χ3v) is 2.90. The molecule has 2 aromatic rings. The van der Waals surface area contributed by atoms with Crippen molar-refractivity contribution in [2.75, 3.05) is 5.32 Å². The van der Waals surface area contributed by atoms with Crippen LogP contribution in [0, 0.1) is 10.1 Å². The zero-order chi connectivity index (χ0) is 17.9. The average molecular weight is 332 g/mol. The number of nitrogens with one attached hydrogen (secondary N) is 1. The van der Waals surface area contributed by atoms with E-state index in [9.17, 15) is 29.9 Å². The van der Waals surface area contributed by atoms with Crippen molar-refractivity contribution in [2.24, 2.45) is 0 Å². The first-order chi connectivity index (χ1) is 11.3. The average Bonchev–Trinajstić information content (AvgIpc) is 2.50. The molecule has 0 bridgehead atoms. The lowest BCUT2D eigenvalue weighted by Crippen LogP contribution is -2.15. The van der Waals surface area contributed by atoms with Crippen LogP contribution < -0.4 is 10.1 Å². The van der Waals surface area contributed by atoms with Crippen LogP contribution in [0.5, 0.6) is 17.2 Å². The fraction of sp³-hybridized carbons (Fsp3) is 0.0667. The van der Waals surface area contributed by atoms with E-state index in [4.69, 9.17) is 4.74 Å². The summed E-state index contributed by atoms with van der Waals surface area (Å²) >= 11 is 0. The van der Waals surface area contributed by atoms with Gasteiger partial charge in [-0.25, -0.2) is 0 Å². The predicted octanol–water partition coefficient (Wildman–Crippen LogP) is 2.18. The normalized spacial score (nSPS) is 10.0. The molecule has 0 atom stereocenters. The monoisotopic (exact) mass is 332 g/mol. The molecular formula is C15H12N2O7. The second-order valence-electron chi connectivity index (χ2n) is 4.69. The van der Waals surface area contributed by atoms with E-state index in [2.05, 4.69) is 5.32 Å². The van der Waals surface area contributed by atoms with E-state index >= 15 is 0 Å². The minimum atomic E-state index is -0.786. The number of aromatic hydroxyl groups is 2. The van der Waals surface area contributed by atoms with Crippen molar-refractivity contribution in [1.29, 1.82) is 0 Å². The first kappa shape index (κ1) is 16.7. The van der Waals surface area contributed by atoms with Gasteiger partial charge in [0.1, 0.15) is 17.2 Å². The minimum absolute atomic E-state index is 0.0808. The van der Waals surface area contributed by atoms with Crippen molar-refractivity contribution < 1.29 is 29.5 Å². The first-order valence-corrected chi connectivity index (χ1v) is 6.58. The van der Waals surface area contributed by atoms with Crippen LogP contribution >= 0.6 is 0 Å². The zero-order valence-electron chi connectivity index (χ0n) is 12.3. The Bertz CT molecular complexity index is 833. The van der Waals surface area contributed by atoms with Crippen LogP contribution in [0.3, 0.4) is 0 Å². The van der Waals surface area contributed by atoms with Gasteiger partial charge in [0.25, 0.3) is 11.6 Å². The summed E-state index contributed by atoms with van der Waals surface area (Å²) in [6.07, 6.45) is 0. The number of phenolic OH excluding ortho intramolecular Hbond substituents is 2. The lowest BCUT2D eigenvalue weighted by molar-refractivity contribution is -0.384. The summed E-state index contributed by atoms with van der Waals surface area (Å²) in [5, 5.41) is 32.2. The van der Waals surface area contributed by atoms with Crippen molar-refractivity contribution in [2.45, 2.75) is 6.92 Å². The molecule has 0 heterocycles. The lowest BCUT2D eigenvalue weighted by Gasteiger charge is -2.11. The highest BCUT2D eigenvalue weighted by Crippen LogP contribution is 2.30. The molecule has 2 aromatic carbocycles. The molecule has 0 aromatic heterocycles. The molecular weight excluding hydrogens is 320 g/mol. The lowest BCUT2D eigenvalue weighted by atomic mass is 10.1. The Morgan fingerprint density at radius 2 is 1.88 bits per heavy atom. The van der Waals surface area contributed by atoms with Crippen LogP contribution in [-0.4, -0.2) is 27.0 Å². The minimum Gasteiger partial charge on any atom is -0.508 e. The highest BCUT2D eigenvalue weighted by Gasteiger charge is 2.18. The second kappa shape index (κ2) is 6.65. The first-order valence-electron chi connectivity index (χ1n) is 6.58. The number of benzene rings is 2. The van der Waals surface area contributed by atoms with Crippen molar-refractivity contribution in [1.82, 2.24) is 0 Å². The highest BCUT2D eigenvalue weighted by molar-refractivity contribution is 6.07. The van der Waals surface area contributed by atoms with Gasteiger partial charge in [-0.1, -0.05) is 0 Å². The van der Waals surface area contributed by atoms with E-state index < -0.39 is 22.5 Å². The summed E-state index contributed by atoms with van der Waals surface area (Å²) in [6, 6.07) is 6.69. The third-order valence-electron chi connectivity index (χ3n) is 2.90. The molecule has 0 unspecified atom stereocenters. The van der Waals surface area contributed by atoms with Crippen LogP contribution in [-0.2, 0) is 4.79 Å². The van der Waals surface area contributed by atoms with E-state index in [-0.39, 0.29) is 28.4 Å². The Balaban J connectivity index is 2.31. The quantitative estimate of drug-likeness (QED) is 0.256. The SMILES string of the molecule is CC(=O)Oc1ccc(O)cc1C(=O)Nc1ccc([N+](=O)[O-])cc1O. The number of anilines is 1. The Hall–Kier alpha value is -3.62. The number of ether oxygens (including phenoxy) is 1. The number of nitro benzene ring substituents is 1. The molecule has 1 amide bonds. The Labute approximate surface area is 135 Å². The molecule has 0 radical (unpaired) electrons. The summed E-state index contributed by atoms with van der Waals surface area (Å²) in [4.78, 5) is 33.3. The number of non-ortho nitro benzene ring substituents is 1. The van der Waals surface area contributed by atoms with E-state index in [1.807, 2.05) is 0 Å². The maximum absolute atomic E-state index is 12.3.